The van der Waals surface area contributed by atoms with Crippen LogP contribution >= 0.6 is 0 Å². The molecule has 5 nitrogen and oxygen atoms in total. The number of nitrogens with zero attached hydrogens (tertiary/aromatic N) is 1. The van der Waals surface area contributed by atoms with E-state index in [-0.39, 0.29) is 17.9 Å². The first-order chi connectivity index (χ1) is 12.6. The second-order valence-electron chi connectivity index (χ2n) is 6.99. The average Bonchev–Trinajstić information content (AvgIpc) is 3.09. The second-order valence-corrected chi connectivity index (χ2v) is 6.99. The summed E-state index contributed by atoms with van der Waals surface area (Å²) in [6, 6.07) is 14.3. The Balaban J connectivity index is 1.39. The Labute approximate surface area is 153 Å². The van der Waals surface area contributed by atoms with E-state index in [0.717, 1.165) is 41.9 Å². The molecule has 0 spiro atoms. The highest BCUT2D eigenvalue weighted by Gasteiger charge is 2.24. The predicted molar refractivity (Wildman–Crippen MR) is 102 cm³/mol. The molecule has 0 fully saturated rings. The van der Waals surface area contributed by atoms with Gasteiger partial charge < -0.3 is 15.5 Å². The van der Waals surface area contributed by atoms with E-state index in [9.17, 15) is 9.59 Å². The molecule has 0 radical (unpaired) electrons. The quantitative estimate of drug-likeness (QED) is 0.892. The first-order valence-corrected chi connectivity index (χ1v) is 9.16. The Morgan fingerprint density at radius 1 is 1.15 bits per heavy atom. The van der Waals surface area contributed by atoms with E-state index in [4.69, 9.17) is 0 Å². The lowest BCUT2D eigenvalue weighted by Crippen LogP contribution is -2.38. The maximum absolute atomic E-state index is 12.6. The zero-order valence-corrected chi connectivity index (χ0v) is 14.9. The number of hydrogen-bond donors (Lipinski definition) is 2. The van der Waals surface area contributed by atoms with Crippen molar-refractivity contribution in [3.63, 3.8) is 0 Å². The van der Waals surface area contributed by atoms with Crippen LogP contribution in [0.4, 0.5) is 11.4 Å². The average molecular weight is 349 g/mol. The summed E-state index contributed by atoms with van der Waals surface area (Å²) in [5, 5.41) is 6.25. The van der Waals surface area contributed by atoms with Gasteiger partial charge in [-0.3, -0.25) is 9.59 Å². The highest BCUT2D eigenvalue weighted by atomic mass is 16.2. The summed E-state index contributed by atoms with van der Waals surface area (Å²) in [5.74, 6) is 0.180. The van der Waals surface area contributed by atoms with Gasteiger partial charge in [0.2, 0.25) is 11.8 Å². The van der Waals surface area contributed by atoms with Crippen LogP contribution in [0.2, 0.25) is 0 Å². The number of fused-ring (bicyclic) bond motifs is 2. The largest absolute Gasteiger partial charge is 0.326 e. The van der Waals surface area contributed by atoms with Crippen molar-refractivity contribution >= 4 is 23.2 Å². The number of benzene rings is 2. The zero-order valence-electron chi connectivity index (χ0n) is 14.9. The predicted octanol–water partition coefficient (Wildman–Crippen LogP) is 2.81. The number of carbonyl (C=O) groups excluding carboxylic acids is 2. The first kappa shape index (κ1) is 16.8. The third kappa shape index (κ3) is 3.22. The van der Waals surface area contributed by atoms with Gasteiger partial charge in [0.25, 0.3) is 0 Å². The lowest BCUT2D eigenvalue weighted by atomic mass is 9.98. The van der Waals surface area contributed by atoms with E-state index in [1.165, 1.54) is 5.56 Å². The number of amides is 2. The van der Waals surface area contributed by atoms with E-state index in [1.807, 2.05) is 35.2 Å². The van der Waals surface area contributed by atoms with Gasteiger partial charge in [-0.15, -0.1) is 0 Å². The van der Waals surface area contributed by atoms with Crippen LogP contribution in [0.1, 0.15) is 36.1 Å². The highest BCUT2D eigenvalue weighted by Crippen LogP contribution is 2.28. The third-order valence-corrected chi connectivity index (χ3v) is 5.27. The summed E-state index contributed by atoms with van der Waals surface area (Å²) >= 11 is 0. The van der Waals surface area contributed by atoms with Crippen LogP contribution < -0.4 is 15.5 Å². The Morgan fingerprint density at radius 3 is 2.88 bits per heavy atom. The molecule has 2 N–H and O–H groups in total. The van der Waals surface area contributed by atoms with Gasteiger partial charge >= 0.3 is 0 Å². The van der Waals surface area contributed by atoms with Gasteiger partial charge in [-0.25, -0.2) is 0 Å². The van der Waals surface area contributed by atoms with Crippen LogP contribution in [0.3, 0.4) is 0 Å². The molecule has 1 atom stereocenters. The second kappa shape index (κ2) is 6.92. The van der Waals surface area contributed by atoms with Crippen molar-refractivity contribution in [2.75, 3.05) is 23.3 Å². The molecule has 26 heavy (non-hydrogen) atoms. The monoisotopic (exact) mass is 349 g/mol. The fourth-order valence-electron chi connectivity index (χ4n) is 3.72. The normalized spacial score (nSPS) is 16.7. The zero-order chi connectivity index (χ0) is 18.1. The number of anilines is 2. The maximum atomic E-state index is 12.6. The van der Waals surface area contributed by atoms with Gasteiger partial charge in [-0.1, -0.05) is 30.3 Å². The van der Waals surface area contributed by atoms with E-state index >= 15 is 0 Å². The molecule has 4 rings (SSSR count). The molecule has 0 saturated heterocycles. The third-order valence-electron chi connectivity index (χ3n) is 5.27. The summed E-state index contributed by atoms with van der Waals surface area (Å²) in [6.07, 6.45) is 2.23. The number of nitrogens with one attached hydrogen (secondary N) is 2. The van der Waals surface area contributed by atoms with Crippen LogP contribution in [-0.2, 0) is 22.4 Å². The summed E-state index contributed by atoms with van der Waals surface area (Å²) in [4.78, 5) is 26.0. The number of hydrogen-bond acceptors (Lipinski definition) is 3. The lowest BCUT2D eigenvalue weighted by Gasteiger charge is -2.22. The molecule has 2 aliphatic rings. The number of carbonyl (C=O) groups is 2. The maximum Gasteiger partial charge on any atom is 0.240 e. The smallest absolute Gasteiger partial charge is 0.240 e. The van der Waals surface area contributed by atoms with Crippen LogP contribution in [-0.4, -0.2) is 24.9 Å². The first-order valence-electron chi connectivity index (χ1n) is 9.16. The van der Waals surface area contributed by atoms with E-state index < -0.39 is 0 Å². The van der Waals surface area contributed by atoms with Crippen molar-refractivity contribution < 1.29 is 9.59 Å². The molecular weight excluding hydrogens is 326 g/mol. The minimum Gasteiger partial charge on any atom is -0.326 e. The SMILES string of the molecule is C[C@@H](NCC(=O)N1CCc2ccccc21)c1ccc2c(c1)CCC(=O)N2. The molecule has 2 amide bonds. The Kier molecular flexibility index (Phi) is 4.47. The van der Waals surface area contributed by atoms with Gasteiger partial charge in [0.15, 0.2) is 0 Å². The molecule has 0 unspecified atom stereocenters. The van der Waals surface area contributed by atoms with Crippen LogP contribution in [0.15, 0.2) is 42.5 Å². The topological polar surface area (TPSA) is 61.4 Å². The van der Waals surface area contributed by atoms with Crippen LogP contribution in [0.25, 0.3) is 0 Å². The number of aryl methyl sites for hydroxylation is 1. The molecule has 2 heterocycles. The van der Waals surface area contributed by atoms with E-state index in [0.29, 0.717) is 13.0 Å². The molecule has 5 heteroatoms. The summed E-state index contributed by atoms with van der Waals surface area (Å²) in [6.45, 7) is 3.13. The van der Waals surface area contributed by atoms with Gasteiger partial charge in [-0.05, 0) is 48.6 Å². The fourth-order valence-corrected chi connectivity index (χ4v) is 3.72. The molecule has 2 aromatic carbocycles. The van der Waals surface area contributed by atoms with Crippen molar-refractivity contribution in [2.24, 2.45) is 0 Å². The summed E-state index contributed by atoms with van der Waals surface area (Å²) < 4.78 is 0. The standard InChI is InChI=1S/C21H23N3O2/c1-14(16-6-8-18-17(12-16)7-9-20(25)23-18)22-13-21(26)24-11-10-15-4-2-3-5-19(15)24/h2-6,8,12,14,22H,7,9-11,13H2,1H3,(H,23,25)/t14-/m1/s1. The Morgan fingerprint density at radius 2 is 2.00 bits per heavy atom. The molecule has 2 aliphatic heterocycles. The van der Waals surface area contributed by atoms with Crippen LogP contribution in [0.5, 0.6) is 0 Å². The minimum atomic E-state index is 0.0692. The lowest BCUT2D eigenvalue weighted by molar-refractivity contribution is -0.118. The Hall–Kier alpha value is -2.66. The van der Waals surface area contributed by atoms with Crippen molar-refractivity contribution in [1.29, 1.82) is 0 Å². The molecule has 0 bridgehead atoms. The van der Waals surface area contributed by atoms with Crippen molar-refractivity contribution in [1.82, 2.24) is 5.32 Å². The number of para-hydroxylation sites is 1. The summed E-state index contributed by atoms with van der Waals surface area (Å²) in [7, 11) is 0. The Bertz CT molecular complexity index is 862. The van der Waals surface area contributed by atoms with E-state index in [1.54, 1.807) is 0 Å². The van der Waals surface area contributed by atoms with Gasteiger partial charge in [0.1, 0.15) is 0 Å². The van der Waals surface area contributed by atoms with Crippen LogP contribution in [0, 0.1) is 0 Å². The summed E-state index contributed by atoms with van der Waals surface area (Å²) in [5.41, 5.74) is 5.48. The van der Waals surface area contributed by atoms with Crippen molar-refractivity contribution in [3.05, 3.63) is 59.2 Å². The number of rotatable bonds is 4. The van der Waals surface area contributed by atoms with E-state index in [2.05, 4.69) is 29.7 Å². The fraction of sp³-hybridized carbons (Fsp3) is 0.333. The minimum absolute atomic E-state index is 0.0692. The van der Waals surface area contributed by atoms with Crippen molar-refractivity contribution in [3.8, 4) is 0 Å². The molecular formula is C21H23N3O2. The molecule has 0 aromatic heterocycles. The molecule has 2 aromatic rings. The highest BCUT2D eigenvalue weighted by molar-refractivity contribution is 5.97. The molecule has 134 valence electrons. The molecule has 0 aliphatic carbocycles. The van der Waals surface area contributed by atoms with Gasteiger partial charge in [0.05, 0.1) is 6.54 Å². The van der Waals surface area contributed by atoms with Gasteiger partial charge in [-0.2, -0.15) is 0 Å². The molecule has 0 saturated carbocycles. The van der Waals surface area contributed by atoms with Crippen molar-refractivity contribution in [2.45, 2.75) is 32.2 Å². The van der Waals surface area contributed by atoms with Gasteiger partial charge in [0, 0.05) is 30.4 Å².